The Labute approximate surface area is 238 Å². The van der Waals surface area contributed by atoms with Crippen molar-refractivity contribution in [2.75, 3.05) is 13.1 Å². The number of rotatable bonds is 11. The largest absolute Gasteiger partial charge is 0.482 e. The summed E-state index contributed by atoms with van der Waals surface area (Å²) in [6, 6.07) is 15.0. The molecule has 3 atom stereocenters. The number of likely N-dealkylation sites (tertiary alicyclic amines) is 1. The minimum Gasteiger partial charge on any atom is -0.480 e. The fraction of sp³-hybridized carbons (Fsp3) is 0.370. The van der Waals surface area contributed by atoms with Crippen molar-refractivity contribution in [1.29, 1.82) is 0 Å². The van der Waals surface area contributed by atoms with E-state index in [-0.39, 0.29) is 27.3 Å². The van der Waals surface area contributed by atoms with Crippen molar-refractivity contribution < 1.29 is 43.9 Å². The minimum atomic E-state index is -1.19. The standard InChI is InChI=1S/C27H32N4O7.BH2O2/c1-18(24(33)30-21(26(35)36)15-19-9-4-2-5-10-19)29-25(34)22-13-8-14-31(22)23(32)16-28-27(37)38-17-20-11-6-3-7-12-20;2-1-3/h2-7,9-12,18,21-22H,8,13-17H2,1H3,(H,28,37)(H,29,34)(H,30,33)(H,35,36);2-3H/t18-,21-,22-;/m0./s1. The number of amides is 4. The molecule has 1 aliphatic rings. The topological polar surface area (TPSA) is 195 Å². The summed E-state index contributed by atoms with van der Waals surface area (Å²) in [5.41, 5.74) is 1.55. The number of nitrogens with one attached hydrogen (secondary N) is 3. The van der Waals surface area contributed by atoms with Gasteiger partial charge in [-0.05, 0) is 30.9 Å². The first-order valence-corrected chi connectivity index (χ1v) is 12.9. The fourth-order valence-electron chi connectivity index (χ4n) is 4.08. The van der Waals surface area contributed by atoms with E-state index in [9.17, 15) is 29.1 Å². The average Bonchev–Trinajstić information content (AvgIpc) is 3.46. The van der Waals surface area contributed by atoms with Crippen LogP contribution in [0.4, 0.5) is 4.79 Å². The highest BCUT2D eigenvalue weighted by Crippen LogP contribution is 2.17. The molecule has 0 unspecified atom stereocenters. The van der Waals surface area contributed by atoms with Crippen LogP contribution in [0.3, 0.4) is 0 Å². The lowest BCUT2D eigenvalue weighted by molar-refractivity contribution is -0.142. The number of hydrogen-bond donors (Lipinski definition) is 6. The highest BCUT2D eigenvalue weighted by atomic mass is 16.5. The number of carboxylic acids is 1. The molecule has 2 aromatic carbocycles. The number of carbonyl (C=O) groups excluding carboxylic acids is 4. The Hall–Kier alpha value is -4.43. The van der Waals surface area contributed by atoms with Gasteiger partial charge in [0.15, 0.2) is 0 Å². The SMILES string of the molecule is C[C@H](NC(=O)[C@@H]1CCCN1C(=O)CNC(=O)OCc1ccccc1)C(=O)N[C@@H](Cc1ccccc1)C(=O)O.O[B]O. The molecule has 1 fully saturated rings. The summed E-state index contributed by atoms with van der Waals surface area (Å²) >= 11 is 0. The molecule has 6 N–H and O–H groups in total. The number of benzene rings is 2. The summed E-state index contributed by atoms with van der Waals surface area (Å²) in [6.45, 7) is 1.49. The Bertz CT molecular complexity index is 1150. The lowest BCUT2D eigenvalue weighted by Gasteiger charge is -2.26. The zero-order chi connectivity index (χ0) is 30.2. The zero-order valence-electron chi connectivity index (χ0n) is 22.6. The average molecular weight is 569 g/mol. The summed E-state index contributed by atoms with van der Waals surface area (Å²) in [5.74, 6) is -2.83. The summed E-state index contributed by atoms with van der Waals surface area (Å²) in [5, 5.41) is 30.9. The molecule has 0 aromatic heterocycles. The van der Waals surface area contributed by atoms with Gasteiger partial charge in [-0.15, -0.1) is 0 Å². The molecule has 0 saturated carbocycles. The van der Waals surface area contributed by atoms with Crippen molar-refractivity contribution in [2.45, 2.75) is 50.9 Å². The number of nitrogens with zero attached hydrogens (tertiary/aromatic N) is 1. The molecule has 1 radical (unpaired) electrons. The van der Waals surface area contributed by atoms with Crippen LogP contribution in [0, 0.1) is 0 Å². The normalized spacial score (nSPS) is 15.3. The van der Waals surface area contributed by atoms with Crippen LogP contribution in [0.15, 0.2) is 60.7 Å². The summed E-state index contributed by atoms with van der Waals surface area (Å²) < 4.78 is 5.09. The van der Waals surface area contributed by atoms with E-state index in [0.717, 1.165) is 11.1 Å². The molecule has 0 bridgehead atoms. The fourth-order valence-corrected chi connectivity index (χ4v) is 4.08. The molecule has 2 aromatic rings. The third-order valence-electron chi connectivity index (χ3n) is 6.12. The Morgan fingerprint density at radius 1 is 0.976 bits per heavy atom. The van der Waals surface area contributed by atoms with E-state index in [2.05, 4.69) is 16.0 Å². The molecule has 219 valence electrons. The number of aliphatic carboxylic acids is 1. The second-order valence-electron chi connectivity index (χ2n) is 9.10. The molecule has 14 heteroatoms. The molecular formula is C27H34BN4O9. The van der Waals surface area contributed by atoms with Crippen LogP contribution < -0.4 is 16.0 Å². The van der Waals surface area contributed by atoms with Gasteiger partial charge in [0.1, 0.15) is 31.3 Å². The smallest absolute Gasteiger partial charge is 0.480 e. The Kier molecular flexibility index (Phi) is 13.8. The number of alkyl carbamates (subject to hydrolysis) is 1. The number of carboxylic acid groups (broad SMARTS) is 1. The Morgan fingerprint density at radius 2 is 1.56 bits per heavy atom. The van der Waals surface area contributed by atoms with Crippen molar-refractivity contribution in [3.63, 3.8) is 0 Å². The monoisotopic (exact) mass is 569 g/mol. The molecule has 1 saturated heterocycles. The van der Waals surface area contributed by atoms with E-state index in [0.29, 0.717) is 19.4 Å². The van der Waals surface area contributed by atoms with Gasteiger partial charge in [-0.2, -0.15) is 0 Å². The number of carbonyl (C=O) groups is 5. The van der Waals surface area contributed by atoms with Crippen molar-refractivity contribution in [3.05, 3.63) is 71.8 Å². The summed E-state index contributed by atoms with van der Waals surface area (Å²) in [7, 11) is 0. The summed E-state index contributed by atoms with van der Waals surface area (Å²) in [6.07, 6.45) is 0.321. The highest BCUT2D eigenvalue weighted by molar-refractivity contribution is 6.13. The van der Waals surface area contributed by atoms with Gasteiger partial charge in [-0.1, -0.05) is 60.7 Å². The van der Waals surface area contributed by atoms with Crippen LogP contribution in [0.5, 0.6) is 0 Å². The van der Waals surface area contributed by atoms with Crippen LogP contribution in [-0.2, 0) is 36.9 Å². The maximum absolute atomic E-state index is 12.9. The molecule has 4 amide bonds. The van der Waals surface area contributed by atoms with Gasteiger partial charge >= 0.3 is 19.7 Å². The van der Waals surface area contributed by atoms with Crippen LogP contribution in [-0.4, -0.2) is 88.7 Å². The first-order chi connectivity index (χ1) is 19.7. The van der Waals surface area contributed by atoms with Crippen LogP contribution in [0.1, 0.15) is 30.9 Å². The third kappa shape index (κ3) is 11.3. The first-order valence-electron chi connectivity index (χ1n) is 12.9. The van der Waals surface area contributed by atoms with Crippen LogP contribution in [0.25, 0.3) is 0 Å². The predicted octanol–water partition coefficient (Wildman–Crippen LogP) is -0.274. The van der Waals surface area contributed by atoms with Gasteiger partial charge in [0.05, 0.1) is 0 Å². The van der Waals surface area contributed by atoms with Crippen molar-refractivity contribution in [3.8, 4) is 0 Å². The molecular weight excluding hydrogens is 535 g/mol. The Balaban J connectivity index is 0.00000187. The second-order valence-corrected chi connectivity index (χ2v) is 9.10. The molecule has 0 spiro atoms. The molecule has 0 aliphatic carbocycles. The molecule has 1 heterocycles. The van der Waals surface area contributed by atoms with E-state index in [1.807, 2.05) is 18.2 Å². The van der Waals surface area contributed by atoms with Crippen molar-refractivity contribution >= 4 is 37.5 Å². The second kappa shape index (κ2) is 17.3. The number of ether oxygens (including phenoxy) is 1. The van der Waals surface area contributed by atoms with E-state index < -0.39 is 47.9 Å². The van der Waals surface area contributed by atoms with Gasteiger partial charge in [0, 0.05) is 13.0 Å². The van der Waals surface area contributed by atoms with Gasteiger partial charge in [-0.3, -0.25) is 14.4 Å². The maximum Gasteiger partial charge on any atom is 0.482 e. The molecule has 41 heavy (non-hydrogen) atoms. The molecule has 1 aliphatic heterocycles. The van der Waals surface area contributed by atoms with Gasteiger partial charge in [0.2, 0.25) is 17.7 Å². The van der Waals surface area contributed by atoms with Gasteiger partial charge in [-0.25, -0.2) is 9.59 Å². The lowest BCUT2D eigenvalue weighted by atomic mass is 10.1. The Morgan fingerprint density at radius 3 is 2.15 bits per heavy atom. The van der Waals surface area contributed by atoms with E-state index >= 15 is 0 Å². The maximum atomic E-state index is 12.9. The third-order valence-corrected chi connectivity index (χ3v) is 6.12. The quantitative estimate of drug-likeness (QED) is 0.198. The zero-order valence-corrected chi connectivity index (χ0v) is 22.6. The van der Waals surface area contributed by atoms with E-state index in [4.69, 9.17) is 14.8 Å². The van der Waals surface area contributed by atoms with Crippen molar-refractivity contribution in [2.24, 2.45) is 0 Å². The predicted molar refractivity (Wildman–Crippen MR) is 147 cm³/mol. The minimum absolute atomic E-state index is 0. The van der Waals surface area contributed by atoms with Crippen LogP contribution in [0.2, 0.25) is 0 Å². The van der Waals surface area contributed by atoms with Crippen LogP contribution >= 0.6 is 0 Å². The lowest BCUT2D eigenvalue weighted by Crippen LogP contribution is -2.55. The van der Waals surface area contributed by atoms with Gasteiger partial charge in [0.25, 0.3) is 0 Å². The summed E-state index contributed by atoms with van der Waals surface area (Å²) in [4.78, 5) is 63.1. The van der Waals surface area contributed by atoms with Crippen molar-refractivity contribution in [1.82, 2.24) is 20.9 Å². The first kappa shape index (κ1) is 32.8. The highest BCUT2D eigenvalue weighted by Gasteiger charge is 2.35. The van der Waals surface area contributed by atoms with Gasteiger partial charge < -0.3 is 40.7 Å². The molecule has 3 rings (SSSR count). The number of hydrogen-bond acceptors (Lipinski definition) is 8. The van der Waals surface area contributed by atoms with E-state index in [1.54, 1.807) is 42.5 Å². The van der Waals surface area contributed by atoms with E-state index in [1.165, 1.54) is 11.8 Å². The molecule has 13 nitrogen and oxygen atoms in total.